The number of hydrogen-bond donors (Lipinski definition) is 1. The molecule has 0 bridgehead atoms. The lowest BCUT2D eigenvalue weighted by Gasteiger charge is -2.41. The predicted octanol–water partition coefficient (Wildman–Crippen LogP) is 3.91. The van der Waals surface area contributed by atoms with Gasteiger partial charge < -0.3 is 15.2 Å². The topological polar surface area (TPSA) is 61.5 Å². The number of esters is 1. The van der Waals surface area contributed by atoms with Crippen molar-refractivity contribution in [1.29, 1.82) is 0 Å². The summed E-state index contributed by atoms with van der Waals surface area (Å²) in [6.07, 6.45) is 1.58. The Bertz CT molecular complexity index is 343. The van der Waals surface area contributed by atoms with Crippen molar-refractivity contribution in [2.75, 3.05) is 0 Å². The van der Waals surface area contributed by atoms with E-state index in [1.165, 1.54) is 6.92 Å². The van der Waals surface area contributed by atoms with E-state index in [1.807, 2.05) is 27.7 Å². The van der Waals surface area contributed by atoms with Gasteiger partial charge in [-0.1, -0.05) is 27.7 Å². The maximum Gasteiger partial charge on any atom is 0.302 e. The number of ether oxygens (including phenoxy) is 2. The van der Waals surface area contributed by atoms with E-state index in [0.29, 0.717) is 0 Å². The van der Waals surface area contributed by atoms with E-state index in [1.54, 1.807) is 0 Å². The summed E-state index contributed by atoms with van der Waals surface area (Å²) in [7, 11) is 0. The van der Waals surface area contributed by atoms with Gasteiger partial charge in [-0.15, -0.1) is 0 Å². The van der Waals surface area contributed by atoms with Crippen LogP contribution in [0.1, 0.15) is 75.2 Å². The van der Waals surface area contributed by atoms with Crippen molar-refractivity contribution < 1.29 is 14.3 Å². The van der Waals surface area contributed by atoms with Crippen LogP contribution in [0.3, 0.4) is 0 Å². The molecule has 0 amide bonds. The molecular formula is C18H37NO3. The van der Waals surface area contributed by atoms with Crippen molar-refractivity contribution in [1.82, 2.24) is 0 Å². The smallest absolute Gasteiger partial charge is 0.302 e. The van der Waals surface area contributed by atoms with E-state index in [0.717, 1.165) is 12.8 Å². The minimum atomic E-state index is -0.300. The first-order valence-electron chi connectivity index (χ1n) is 8.36. The Kier molecular flexibility index (Phi) is 8.07. The van der Waals surface area contributed by atoms with E-state index < -0.39 is 0 Å². The summed E-state index contributed by atoms with van der Waals surface area (Å²) in [5, 5.41) is 0. The molecular weight excluding hydrogens is 278 g/mol. The second-order valence-electron chi connectivity index (χ2n) is 8.45. The summed E-state index contributed by atoms with van der Waals surface area (Å²) in [6, 6.07) is 0. The highest BCUT2D eigenvalue weighted by atomic mass is 16.5. The zero-order valence-corrected chi connectivity index (χ0v) is 16.0. The van der Waals surface area contributed by atoms with Crippen LogP contribution < -0.4 is 5.73 Å². The van der Waals surface area contributed by atoms with Gasteiger partial charge in [-0.05, 0) is 51.9 Å². The summed E-state index contributed by atoms with van der Waals surface area (Å²) in [5.74, 6) is 0.0451. The van der Waals surface area contributed by atoms with Gasteiger partial charge >= 0.3 is 5.97 Å². The van der Waals surface area contributed by atoms with Crippen LogP contribution in [0.25, 0.3) is 0 Å². The van der Waals surface area contributed by atoms with Crippen molar-refractivity contribution in [3.8, 4) is 0 Å². The molecule has 0 aliphatic rings. The second kappa shape index (κ2) is 8.30. The van der Waals surface area contributed by atoms with Crippen molar-refractivity contribution in [2.24, 2.45) is 17.1 Å². The van der Waals surface area contributed by atoms with Crippen molar-refractivity contribution in [3.05, 3.63) is 0 Å². The van der Waals surface area contributed by atoms with E-state index in [9.17, 15) is 4.79 Å². The monoisotopic (exact) mass is 315 g/mol. The van der Waals surface area contributed by atoms with Gasteiger partial charge in [0.1, 0.15) is 6.10 Å². The first-order valence-corrected chi connectivity index (χ1v) is 8.36. The van der Waals surface area contributed by atoms with E-state index in [4.69, 9.17) is 15.2 Å². The minimum absolute atomic E-state index is 0.0179. The molecule has 0 aromatic carbocycles. The van der Waals surface area contributed by atoms with Crippen LogP contribution in [0.2, 0.25) is 0 Å². The molecule has 4 heteroatoms. The highest BCUT2D eigenvalue weighted by Crippen LogP contribution is 2.36. The van der Waals surface area contributed by atoms with E-state index >= 15 is 0 Å². The molecule has 0 radical (unpaired) electrons. The van der Waals surface area contributed by atoms with Crippen molar-refractivity contribution in [2.45, 2.75) is 99.0 Å². The van der Waals surface area contributed by atoms with Gasteiger partial charge in [0.25, 0.3) is 0 Å². The molecule has 0 aromatic rings. The molecule has 0 spiro atoms. The summed E-state index contributed by atoms with van der Waals surface area (Å²) < 4.78 is 11.7. The third kappa shape index (κ3) is 8.74. The highest BCUT2D eigenvalue weighted by molar-refractivity contribution is 5.66. The van der Waals surface area contributed by atoms with Crippen LogP contribution in [0.5, 0.6) is 0 Å². The van der Waals surface area contributed by atoms with Crippen LogP contribution in [0.4, 0.5) is 0 Å². The van der Waals surface area contributed by atoms with Gasteiger partial charge in [-0.25, -0.2) is 0 Å². The Morgan fingerprint density at radius 2 is 1.55 bits per heavy atom. The molecule has 0 saturated heterocycles. The molecule has 2 N–H and O–H groups in total. The fourth-order valence-electron chi connectivity index (χ4n) is 2.59. The molecule has 0 rings (SSSR count). The molecule has 2 unspecified atom stereocenters. The molecule has 0 aliphatic carbocycles. The Morgan fingerprint density at radius 1 is 1.05 bits per heavy atom. The van der Waals surface area contributed by atoms with Gasteiger partial charge in [0.2, 0.25) is 0 Å². The standard InChI is InChI=1S/C18H37NO3/c1-12(2)15(22-14(5)20)10-17(6,7)16(21-13(3)4)11-18(8,9)19/h12-13,15-16H,10-11,19H2,1-9H3. The van der Waals surface area contributed by atoms with E-state index in [-0.39, 0.29) is 41.2 Å². The summed E-state index contributed by atoms with van der Waals surface area (Å²) >= 11 is 0. The normalized spacial score (nSPS) is 16.0. The maximum atomic E-state index is 11.3. The SMILES string of the molecule is CC(=O)OC(CC(C)(C)C(CC(C)(C)N)OC(C)C)C(C)C. The number of rotatable bonds is 9. The van der Waals surface area contributed by atoms with Crippen LogP contribution in [0.15, 0.2) is 0 Å². The van der Waals surface area contributed by atoms with E-state index in [2.05, 4.69) is 27.7 Å². The minimum Gasteiger partial charge on any atom is -0.462 e. The van der Waals surface area contributed by atoms with Crippen LogP contribution >= 0.6 is 0 Å². The van der Waals surface area contributed by atoms with Gasteiger partial charge in [0.05, 0.1) is 12.2 Å². The molecule has 4 nitrogen and oxygen atoms in total. The molecule has 0 heterocycles. The quantitative estimate of drug-likeness (QED) is 0.655. The summed E-state index contributed by atoms with van der Waals surface area (Å²) in [6.45, 7) is 18.1. The zero-order valence-electron chi connectivity index (χ0n) is 16.0. The number of carbonyl (C=O) groups excluding carboxylic acids is 1. The molecule has 0 saturated carbocycles. The van der Waals surface area contributed by atoms with Crippen LogP contribution in [-0.2, 0) is 14.3 Å². The summed E-state index contributed by atoms with van der Waals surface area (Å²) in [5.41, 5.74) is 5.78. The first-order chi connectivity index (χ1) is 9.74. The van der Waals surface area contributed by atoms with Crippen LogP contribution in [0, 0.1) is 11.3 Å². The second-order valence-corrected chi connectivity index (χ2v) is 8.45. The molecule has 0 fully saturated rings. The lowest BCUT2D eigenvalue weighted by atomic mass is 9.75. The Hall–Kier alpha value is -0.610. The average Bonchev–Trinajstić information content (AvgIpc) is 2.23. The third-order valence-electron chi connectivity index (χ3n) is 3.81. The lowest BCUT2D eigenvalue weighted by molar-refractivity contribution is -0.153. The molecule has 0 aromatic heterocycles. The fourth-order valence-corrected chi connectivity index (χ4v) is 2.59. The molecule has 22 heavy (non-hydrogen) atoms. The van der Waals surface area contributed by atoms with Gasteiger partial charge in [-0.3, -0.25) is 4.79 Å². The number of nitrogens with two attached hydrogens (primary N) is 1. The Labute approximate surface area is 137 Å². The summed E-state index contributed by atoms with van der Waals surface area (Å²) in [4.78, 5) is 11.3. The van der Waals surface area contributed by atoms with Crippen molar-refractivity contribution in [3.63, 3.8) is 0 Å². The Balaban J connectivity index is 5.17. The molecule has 0 aliphatic heterocycles. The largest absolute Gasteiger partial charge is 0.462 e. The molecule has 132 valence electrons. The predicted molar refractivity (Wildman–Crippen MR) is 91.7 cm³/mol. The number of hydrogen-bond acceptors (Lipinski definition) is 4. The molecule has 2 atom stereocenters. The maximum absolute atomic E-state index is 11.3. The fraction of sp³-hybridized carbons (Fsp3) is 0.944. The average molecular weight is 315 g/mol. The van der Waals surface area contributed by atoms with Gasteiger partial charge in [-0.2, -0.15) is 0 Å². The van der Waals surface area contributed by atoms with Crippen molar-refractivity contribution >= 4 is 5.97 Å². The first kappa shape index (κ1) is 21.4. The Morgan fingerprint density at radius 3 is 1.86 bits per heavy atom. The third-order valence-corrected chi connectivity index (χ3v) is 3.81. The zero-order chi connectivity index (χ0) is 17.7. The number of carbonyl (C=O) groups is 1. The highest BCUT2D eigenvalue weighted by Gasteiger charge is 2.37. The van der Waals surface area contributed by atoms with Crippen LogP contribution in [-0.4, -0.2) is 29.8 Å². The van der Waals surface area contributed by atoms with Gasteiger partial charge in [0.15, 0.2) is 0 Å². The van der Waals surface area contributed by atoms with Gasteiger partial charge in [0, 0.05) is 12.5 Å². The lowest BCUT2D eigenvalue weighted by Crippen LogP contribution is -2.46.